The first-order valence-electron chi connectivity index (χ1n) is 16.8. The Bertz CT molecular complexity index is 363. The lowest BCUT2D eigenvalue weighted by Crippen LogP contribution is -3.00. The highest BCUT2D eigenvalue weighted by molar-refractivity contribution is 5.50. The normalized spacial score (nSPS) is 11.1. The molecule has 5 nitrogen and oxygen atoms in total. The van der Waals surface area contributed by atoms with Crippen molar-refractivity contribution >= 4 is 6.16 Å². The first-order chi connectivity index (χ1) is 18.2. The number of nitrogens with zero attached hydrogens (tertiary/aromatic N) is 2. The molecule has 39 heavy (non-hydrogen) atoms. The van der Waals surface area contributed by atoms with Crippen LogP contribution in [-0.4, -0.2) is 72.6 Å². The summed E-state index contributed by atoms with van der Waals surface area (Å²) in [5.74, 6) is 0. The molecule has 0 radical (unpaired) electrons. The van der Waals surface area contributed by atoms with Crippen LogP contribution in [0.4, 0.5) is 4.79 Å². The molecular weight excluding hydrogens is 491 g/mol. The Labute approximate surface area is 245 Å². The van der Waals surface area contributed by atoms with Gasteiger partial charge in [0.25, 0.3) is 0 Å². The fraction of sp³-hybridized carbons (Fsp3) is 0.970. The summed E-state index contributed by atoms with van der Waals surface area (Å²) in [7, 11) is 0. The van der Waals surface area contributed by atoms with Gasteiger partial charge in [0.2, 0.25) is 6.16 Å². The summed E-state index contributed by atoms with van der Waals surface area (Å²) < 4.78 is 2.84. The quantitative estimate of drug-likeness (QED) is 0.149. The van der Waals surface area contributed by atoms with Gasteiger partial charge in [-0.05, 0) is 51.4 Å². The maximum atomic E-state index is 8.44. The average Bonchev–Trinajstić information content (AvgIpc) is 2.91. The predicted molar refractivity (Wildman–Crippen MR) is 167 cm³/mol. The van der Waals surface area contributed by atoms with Crippen LogP contribution in [-0.2, 0) is 0 Å². The predicted octanol–water partition coefficient (Wildman–Crippen LogP) is 5.90. The van der Waals surface area contributed by atoms with Gasteiger partial charge in [-0.3, -0.25) is 0 Å². The fourth-order valence-corrected chi connectivity index (χ4v) is 5.29. The van der Waals surface area contributed by atoms with Crippen molar-refractivity contribution < 1.29 is 28.7 Å². The van der Waals surface area contributed by atoms with Crippen molar-refractivity contribution in [3.63, 3.8) is 0 Å². The Kier molecular flexibility index (Phi) is 38.6. The van der Waals surface area contributed by atoms with Crippen LogP contribution in [0.15, 0.2) is 0 Å². The molecule has 240 valence electrons. The lowest BCUT2D eigenvalue weighted by Gasteiger charge is -2.39. The van der Waals surface area contributed by atoms with Gasteiger partial charge in [0, 0.05) is 0 Å². The molecule has 0 aliphatic heterocycles. The monoisotopic (exact) mass is 565 g/mol. The van der Waals surface area contributed by atoms with Crippen molar-refractivity contribution in [2.24, 2.45) is 0 Å². The zero-order valence-electron chi connectivity index (χ0n) is 28.0. The van der Waals surface area contributed by atoms with Crippen molar-refractivity contribution in [2.45, 2.75) is 158 Å². The first kappa shape index (κ1) is 45.1. The minimum Gasteiger partial charge on any atom is -1.00 e. The molecule has 0 saturated carbocycles. The summed E-state index contributed by atoms with van der Waals surface area (Å²) in [5, 5.41) is 15.3. The van der Waals surface area contributed by atoms with Crippen LogP contribution in [0.25, 0.3) is 0 Å². The molecule has 0 amide bonds. The lowest BCUT2D eigenvalue weighted by molar-refractivity contribution is -0.929. The Morgan fingerprint density at radius 1 is 0.436 bits per heavy atom. The molecule has 0 saturated heterocycles. The van der Waals surface area contributed by atoms with Crippen LogP contribution in [0.1, 0.15) is 158 Å². The molecule has 0 fully saturated rings. The van der Waals surface area contributed by atoms with E-state index in [4.69, 9.17) is 15.0 Å². The molecule has 0 unspecified atom stereocenters. The lowest BCUT2D eigenvalue weighted by atomic mass is 10.1. The van der Waals surface area contributed by atoms with E-state index < -0.39 is 6.16 Å². The molecule has 0 aliphatic carbocycles. The number of carbonyl (C=O) groups is 1. The largest absolute Gasteiger partial charge is 1.00 e. The van der Waals surface area contributed by atoms with Crippen molar-refractivity contribution in [1.82, 2.24) is 0 Å². The number of hydrogen-bond donors (Lipinski definition) is 1. The summed E-state index contributed by atoms with van der Waals surface area (Å²) in [6.07, 6.45) is 20.0. The molecule has 0 atom stereocenters. The van der Waals surface area contributed by atoms with Crippen molar-refractivity contribution in [1.29, 1.82) is 0 Å². The molecule has 0 heterocycles. The smallest absolute Gasteiger partial charge is 0.249 e. The number of rotatable bonds is 24. The van der Waals surface area contributed by atoms with E-state index in [1.165, 1.54) is 164 Å². The summed E-state index contributed by atoms with van der Waals surface area (Å²) in [6.45, 7) is 30.0. The average molecular weight is 565 g/mol. The highest BCUT2D eigenvalue weighted by Gasteiger charge is 2.25. The standard InChI is InChI=1S/2C16H36N.CH2O3.FH/c2*1-5-9-13-17(14-10-6-2,15-11-7-3)16-12-8-4;2-1(3)4;/h2*5-16H2,1-4H3;(H2,2,3,4);1H/q2*+1;;/p-2. The fourth-order valence-electron chi connectivity index (χ4n) is 5.29. The maximum Gasteiger partial charge on any atom is 0.249 e. The molecular formula is C33H73FN2O3. The zero-order chi connectivity index (χ0) is 29.5. The van der Waals surface area contributed by atoms with Gasteiger partial charge in [-0.25, -0.2) is 0 Å². The number of hydrogen-bond acceptors (Lipinski definition) is 2. The van der Waals surface area contributed by atoms with Gasteiger partial charge in [-0.2, -0.15) is 0 Å². The molecule has 0 spiro atoms. The highest BCUT2D eigenvalue weighted by Crippen LogP contribution is 2.17. The molecule has 1 N–H and O–H groups in total. The van der Waals surface area contributed by atoms with E-state index >= 15 is 0 Å². The van der Waals surface area contributed by atoms with Crippen LogP contribution in [0, 0.1) is 0 Å². The van der Waals surface area contributed by atoms with Gasteiger partial charge >= 0.3 is 0 Å². The van der Waals surface area contributed by atoms with Crippen molar-refractivity contribution in [3.05, 3.63) is 0 Å². The second-order valence-electron chi connectivity index (χ2n) is 11.6. The minimum absolute atomic E-state index is 0. The van der Waals surface area contributed by atoms with E-state index in [0.29, 0.717) is 0 Å². The Balaban J connectivity index is -0.000000270. The molecule has 0 aromatic carbocycles. The van der Waals surface area contributed by atoms with Gasteiger partial charge in [0.15, 0.2) is 0 Å². The summed E-state index contributed by atoms with van der Waals surface area (Å²) in [6, 6.07) is 0. The van der Waals surface area contributed by atoms with Gasteiger partial charge in [0.1, 0.15) is 0 Å². The number of quaternary nitrogens is 2. The third-order valence-corrected chi connectivity index (χ3v) is 7.89. The van der Waals surface area contributed by atoms with Crippen LogP contribution in [0.5, 0.6) is 0 Å². The van der Waals surface area contributed by atoms with Crippen molar-refractivity contribution in [3.8, 4) is 0 Å². The summed E-state index contributed by atoms with van der Waals surface area (Å²) >= 11 is 0. The Morgan fingerprint density at radius 3 is 0.615 bits per heavy atom. The van der Waals surface area contributed by atoms with Crippen LogP contribution in [0.2, 0.25) is 0 Å². The molecule has 0 aromatic rings. The van der Waals surface area contributed by atoms with Gasteiger partial charge < -0.3 is 28.7 Å². The SMILES string of the molecule is CCCC[N+](CCCC)(CCCC)CCCC.CCCC[N+](CCCC)(CCCC)CCCC.O=C([O-])O.[F-]. The summed E-state index contributed by atoms with van der Waals surface area (Å²) in [4.78, 5) is 8.44. The third kappa shape index (κ3) is 29.9. The molecule has 6 heteroatoms. The number of halogens is 1. The molecule has 0 aliphatic rings. The molecule has 0 aromatic heterocycles. The minimum atomic E-state index is -2.08. The van der Waals surface area contributed by atoms with Crippen LogP contribution >= 0.6 is 0 Å². The summed E-state index contributed by atoms with van der Waals surface area (Å²) in [5.41, 5.74) is 0. The van der Waals surface area contributed by atoms with Crippen molar-refractivity contribution in [2.75, 3.05) is 52.4 Å². The third-order valence-electron chi connectivity index (χ3n) is 7.89. The Hall–Kier alpha value is -0.880. The second-order valence-corrected chi connectivity index (χ2v) is 11.6. The van der Waals surface area contributed by atoms with E-state index in [9.17, 15) is 0 Å². The van der Waals surface area contributed by atoms with E-state index in [0.717, 1.165) is 0 Å². The Morgan fingerprint density at radius 2 is 0.538 bits per heavy atom. The van der Waals surface area contributed by atoms with E-state index in [-0.39, 0.29) is 4.70 Å². The molecule has 0 bridgehead atoms. The number of unbranched alkanes of at least 4 members (excludes halogenated alkanes) is 8. The van der Waals surface area contributed by atoms with E-state index in [2.05, 4.69) is 55.4 Å². The maximum absolute atomic E-state index is 8.44. The van der Waals surface area contributed by atoms with Gasteiger partial charge in [-0.1, -0.05) is 107 Å². The van der Waals surface area contributed by atoms with E-state index in [1.54, 1.807) is 0 Å². The highest BCUT2D eigenvalue weighted by atomic mass is 19.0. The van der Waals surface area contributed by atoms with Gasteiger partial charge in [-0.15, -0.1) is 0 Å². The zero-order valence-corrected chi connectivity index (χ0v) is 28.0. The van der Waals surface area contributed by atoms with Gasteiger partial charge in [0.05, 0.1) is 52.4 Å². The molecule has 0 rings (SSSR count). The number of carboxylic acid groups (broad SMARTS) is 2. The topological polar surface area (TPSA) is 60.4 Å². The second kappa shape index (κ2) is 33.3. The van der Waals surface area contributed by atoms with Crippen LogP contribution < -0.4 is 9.81 Å². The van der Waals surface area contributed by atoms with Crippen LogP contribution in [0.3, 0.4) is 0 Å². The first-order valence-corrected chi connectivity index (χ1v) is 16.8. The van der Waals surface area contributed by atoms with E-state index in [1.807, 2.05) is 0 Å².